The Kier molecular flexibility index (Phi) is 8.09. The highest BCUT2D eigenvalue weighted by Crippen LogP contribution is 2.34. The van der Waals surface area contributed by atoms with Crippen molar-refractivity contribution in [2.24, 2.45) is 11.1 Å². The molecule has 8 heteroatoms. The number of fused-ring (bicyclic) bond motifs is 1. The maximum absolute atomic E-state index is 13.4. The van der Waals surface area contributed by atoms with Gasteiger partial charge in [-0.25, -0.2) is 9.97 Å². The highest BCUT2D eigenvalue weighted by atomic mass is 79.9. The minimum atomic E-state index is 0.0767. The van der Waals surface area contributed by atoms with Gasteiger partial charge in [-0.15, -0.1) is 0 Å². The summed E-state index contributed by atoms with van der Waals surface area (Å²) in [5.74, 6) is 0.454. The van der Waals surface area contributed by atoms with Gasteiger partial charge in [0.1, 0.15) is 6.61 Å². The fourth-order valence-electron chi connectivity index (χ4n) is 5.80. The van der Waals surface area contributed by atoms with Crippen LogP contribution in [0.2, 0.25) is 0 Å². The van der Waals surface area contributed by atoms with Crippen molar-refractivity contribution in [2.75, 3.05) is 32.8 Å². The molecule has 2 saturated heterocycles. The van der Waals surface area contributed by atoms with Crippen LogP contribution in [0, 0.1) is 12.8 Å². The summed E-state index contributed by atoms with van der Waals surface area (Å²) in [6.45, 7) is 10.4. The number of carbonyl (C=O) groups excluding carboxylic acids is 1. The summed E-state index contributed by atoms with van der Waals surface area (Å²) in [4.78, 5) is 32.5. The molecule has 3 aromatic rings. The Hall–Kier alpha value is -2.84. The number of benzene rings is 1. The molecule has 2 aliphatic heterocycles. The topological polar surface area (TPSA) is 70.9 Å². The number of piperidine rings is 2. The maximum Gasteiger partial charge on any atom is 0.255 e. The Morgan fingerprint density at radius 1 is 1.13 bits per heavy atom. The normalized spacial score (nSPS) is 19.1. The predicted octanol–water partition coefficient (Wildman–Crippen LogP) is 5.85. The van der Waals surface area contributed by atoms with Gasteiger partial charge in [-0.05, 0) is 95.4 Å². The molecule has 2 fully saturated rings. The Bertz CT molecular complexity index is 1310. The van der Waals surface area contributed by atoms with Crippen LogP contribution in [0.5, 0.6) is 0 Å². The molecule has 5 rings (SSSR count). The molecule has 0 atom stereocenters. The summed E-state index contributed by atoms with van der Waals surface area (Å²) < 4.78 is 1.06. The highest BCUT2D eigenvalue weighted by molar-refractivity contribution is 9.10. The lowest BCUT2D eigenvalue weighted by atomic mass is 9.82. The highest BCUT2D eigenvalue weighted by Gasteiger charge is 2.39. The zero-order valence-corrected chi connectivity index (χ0v) is 24.1. The van der Waals surface area contributed by atoms with Crippen molar-refractivity contribution in [3.8, 4) is 0 Å². The number of oxime groups is 1. The number of carbonyl (C=O) groups is 1. The molecule has 1 amide bonds. The molecule has 200 valence electrons. The van der Waals surface area contributed by atoms with Crippen LogP contribution in [0.15, 0.2) is 58.3 Å². The van der Waals surface area contributed by atoms with Gasteiger partial charge in [0, 0.05) is 40.6 Å². The van der Waals surface area contributed by atoms with Gasteiger partial charge in [-0.1, -0.05) is 33.2 Å². The number of aryl methyl sites for hydroxylation is 1. The summed E-state index contributed by atoms with van der Waals surface area (Å²) in [6, 6.07) is 14.1. The van der Waals surface area contributed by atoms with E-state index in [-0.39, 0.29) is 11.4 Å². The molecule has 0 saturated carbocycles. The smallest absolute Gasteiger partial charge is 0.255 e. The van der Waals surface area contributed by atoms with E-state index in [1.165, 1.54) is 0 Å². The largest absolute Gasteiger partial charge is 0.396 e. The lowest BCUT2D eigenvalue weighted by molar-refractivity contribution is 0.0161. The van der Waals surface area contributed by atoms with Crippen molar-refractivity contribution in [1.82, 2.24) is 19.8 Å². The van der Waals surface area contributed by atoms with Gasteiger partial charge in [0.2, 0.25) is 0 Å². The average Bonchev–Trinajstić information content (AvgIpc) is 2.94. The monoisotopic (exact) mass is 577 g/mol. The summed E-state index contributed by atoms with van der Waals surface area (Å²) in [5, 5.41) is 5.44. The van der Waals surface area contributed by atoms with E-state index in [9.17, 15) is 4.79 Å². The van der Waals surface area contributed by atoms with Crippen LogP contribution >= 0.6 is 15.9 Å². The van der Waals surface area contributed by atoms with E-state index in [0.29, 0.717) is 23.7 Å². The molecule has 38 heavy (non-hydrogen) atoms. The van der Waals surface area contributed by atoms with Gasteiger partial charge in [-0.3, -0.25) is 9.69 Å². The van der Waals surface area contributed by atoms with Crippen molar-refractivity contribution in [2.45, 2.75) is 52.0 Å². The first-order chi connectivity index (χ1) is 18.4. The van der Waals surface area contributed by atoms with Crippen LogP contribution in [0.4, 0.5) is 0 Å². The van der Waals surface area contributed by atoms with E-state index in [1.807, 2.05) is 36.9 Å². The fourth-order valence-corrected chi connectivity index (χ4v) is 6.06. The van der Waals surface area contributed by atoms with Crippen molar-refractivity contribution >= 4 is 38.6 Å². The SMILES string of the molecule is CCON=C(c1ccc(Br)cc1)C1CCN(C2(C)CCN(C(=O)c3cc4cccnc4nc3C)CC2)CC1. The summed E-state index contributed by atoms with van der Waals surface area (Å²) in [5.41, 5.74) is 4.39. The number of likely N-dealkylation sites (tertiary alicyclic amines) is 2. The van der Waals surface area contributed by atoms with E-state index in [1.54, 1.807) is 6.20 Å². The minimum absolute atomic E-state index is 0.0767. The molecule has 0 radical (unpaired) electrons. The van der Waals surface area contributed by atoms with Gasteiger partial charge >= 0.3 is 0 Å². The van der Waals surface area contributed by atoms with Crippen molar-refractivity contribution < 1.29 is 9.63 Å². The number of halogens is 1. The predicted molar refractivity (Wildman–Crippen MR) is 154 cm³/mol. The second-order valence-corrected chi connectivity index (χ2v) is 11.5. The molecule has 0 bridgehead atoms. The number of amides is 1. The summed E-state index contributed by atoms with van der Waals surface area (Å²) >= 11 is 3.53. The molecular weight excluding hydrogens is 542 g/mol. The summed E-state index contributed by atoms with van der Waals surface area (Å²) in [7, 11) is 0. The van der Waals surface area contributed by atoms with Gasteiger partial charge in [-0.2, -0.15) is 0 Å². The number of hydrogen-bond donors (Lipinski definition) is 0. The standard InChI is InChI=1S/C30H36BrN5O2/c1-4-38-34-27(22-7-9-25(31)10-8-22)23-11-16-36(17-12-23)30(3)13-18-35(19-14-30)29(37)26-20-24-6-5-15-32-28(24)33-21(26)2/h5-10,15,20,23H,4,11-14,16-19H2,1-3H3. The molecule has 0 N–H and O–H groups in total. The molecule has 1 aromatic carbocycles. The van der Waals surface area contributed by atoms with Gasteiger partial charge in [0.05, 0.1) is 17.0 Å². The second-order valence-electron chi connectivity index (χ2n) is 10.6. The third-order valence-electron chi connectivity index (χ3n) is 8.22. The molecular formula is C30H36BrN5O2. The fraction of sp³-hybridized carbons (Fsp3) is 0.467. The zero-order valence-electron chi connectivity index (χ0n) is 22.5. The molecule has 0 spiro atoms. The molecule has 2 aliphatic rings. The lowest BCUT2D eigenvalue weighted by Crippen LogP contribution is -2.56. The maximum atomic E-state index is 13.4. The first kappa shape index (κ1) is 26.8. The molecule has 0 unspecified atom stereocenters. The molecule has 7 nitrogen and oxygen atoms in total. The van der Waals surface area contributed by atoms with Crippen LogP contribution in [-0.4, -0.2) is 69.7 Å². The number of rotatable bonds is 6. The number of hydrogen-bond acceptors (Lipinski definition) is 6. The van der Waals surface area contributed by atoms with Crippen molar-refractivity contribution in [3.05, 3.63) is 70.0 Å². The third-order valence-corrected chi connectivity index (χ3v) is 8.74. The Labute approximate surface area is 233 Å². The van der Waals surface area contributed by atoms with Crippen molar-refractivity contribution in [1.29, 1.82) is 0 Å². The zero-order chi connectivity index (χ0) is 26.7. The molecule has 2 aromatic heterocycles. The van der Waals surface area contributed by atoms with Gasteiger partial charge in [0.25, 0.3) is 5.91 Å². The van der Waals surface area contributed by atoms with Crippen molar-refractivity contribution in [3.63, 3.8) is 0 Å². The number of aromatic nitrogens is 2. The van der Waals surface area contributed by atoms with E-state index in [4.69, 9.17) is 4.84 Å². The van der Waals surface area contributed by atoms with Crippen LogP contribution in [0.25, 0.3) is 11.0 Å². The van der Waals surface area contributed by atoms with Crippen LogP contribution in [0.1, 0.15) is 61.1 Å². The quantitative estimate of drug-likeness (QED) is 0.271. The summed E-state index contributed by atoms with van der Waals surface area (Å²) in [6.07, 6.45) is 5.78. The minimum Gasteiger partial charge on any atom is -0.396 e. The molecule has 0 aliphatic carbocycles. The van der Waals surface area contributed by atoms with E-state index >= 15 is 0 Å². The average molecular weight is 579 g/mol. The Balaban J connectivity index is 1.21. The second kappa shape index (κ2) is 11.5. The van der Waals surface area contributed by atoms with Crippen LogP contribution in [-0.2, 0) is 4.84 Å². The van der Waals surface area contributed by atoms with Gasteiger partial charge in [0.15, 0.2) is 5.65 Å². The molecule has 4 heterocycles. The van der Waals surface area contributed by atoms with Crippen LogP contribution in [0.3, 0.4) is 0 Å². The Morgan fingerprint density at radius 2 is 1.84 bits per heavy atom. The first-order valence-corrected chi connectivity index (χ1v) is 14.4. The number of nitrogens with zero attached hydrogens (tertiary/aromatic N) is 5. The first-order valence-electron chi connectivity index (χ1n) is 13.6. The number of pyridine rings is 2. The van der Waals surface area contributed by atoms with E-state index < -0.39 is 0 Å². The Morgan fingerprint density at radius 3 is 2.53 bits per heavy atom. The van der Waals surface area contributed by atoms with E-state index in [0.717, 1.165) is 78.7 Å². The van der Waals surface area contributed by atoms with E-state index in [2.05, 4.69) is 67.1 Å². The lowest BCUT2D eigenvalue weighted by Gasteiger charge is -2.49. The van der Waals surface area contributed by atoms with Crippen LogP contribution < -0.4 is 0 Å². The third kappa shape index (κ3) is 5.61. The van der Waals surface area contributed by atoms with Gasteiger partial charge < -0.3 is 9.74 Å².